The smallest absolute Gasteiger partial charge is 0.135 e. The molecular weight excluding hydrogens is 382 g/mol. The monoisotopic (exact) mass is 419 g/mol. The van der Waals surface area contributed by atoms with Crippen LogP contribution in [0.25, 0.3) is 0 Å². The van der Waals surface area contributed by atoms with Gasteiger partial charge in [0.25, 0.3) is 0 Å². The summed E-state index contributed by atoms with van der Waals surface area (Å²) in [6.45, 7) is 13.1. The summed E-state index contributed by atoms with van der Waals surface area (Å²) in [6.07, 6.45) is 8.37. The molecule has 1 aromatic carbocycles. The van der Waals surface area contributed by atoms with Crippen molar-refractivity contribution < 1.29 is 0 Å². The molecule has 2 heterocycles. The summed E-state index contributed by atoms with van der Waals surface area (Å²) in [5.74, 6) is 3.18. The van der Waals surface area contributed by atoms with Crippen molar-refractivity contribution in [2.75, 3.05) is 23.3 Å². The molecule has 1 spiro atoms. The van der Waals surface area contributed by atoms with E-state index in [1.807, 2.05) is 19.9 Å². The Morgan fingerprint density at radius 1 is 1.16 bits per heavy atom. The van der Waals surface area contributed by atoms with Crippen LogP contribution in [0.1, 0.15) is 77.3 Å². The fourth-order valence-corrected chi connectivity index (χ4v) is 4.96. The lowest BCUT2D eigenvalue weighted by Gasteiger charge is -2.27. The second kappa shape index (κ2) is 8.25. The number of nitrogens with zero attached hydrogens (tertiary/aromatic N) is 3. The van der Waals surface area contributed by atoms with Crippen LogP contribution >= 0.6 is 0 Å². The molecule has 5 nitrogen and oxygen atoms in total. The molecule has 1 saturated heterocycles. The van der Waals surface area contributed by atoms with Gasteiger partial charge in [0, 0.05) is 36.6 Å². The summed E-state index contributed by atoms with van der Waals surface area (Å²) in [6, 6.07) is 8.54. The van der Waals surface area contributed by atoms with E-state index in [2.05, 4.69) is 59.2 Å². The number of nitrogens with one attached hydrogen (secondary N) is 2. The average molecular weight is 420 g/mol. The average Bonchev–Trinajstić information content (AvgIpc) is 3.64. The van der Waals surface area contributed by atoms with E-state index in [9.17, 15) is 0 Å². The Hall–Kier alpha value is -2.43. The first-order chi connectivity index (χ1) is 14.9. The molecule has 5 rings (SSSR count). The molecule has 2 N–H and O–H groups in total. The molecule has 1 aliphatic heterocycles. The van der Waals surface area contributed by atoms with E-state index < -0.39 is 0 Å². The molecule has 2 saturated carbocycles. The van der Waals surface area contributed by atoms with Crippen molar-refractivity contribution in [1.82, 2.24) is 9.97 Å². The minimum atomic E-state index is 0.323. The molecule has 31 heavy (non-hydrogen) atoms. The van der Waals surface area contributed by atoms with Gasteiger partial charge in [-0.3, -0.25) is 0 Å². The minimum Gasteiger partial charge on any atom is -0.356 e. The summed E-state index contributed by atoms with van der Waals surface area (Å²) in [7, 11) is 0. The van der Waals surface area contributed by atoms with Gasteiger partial charge in [0.15, 0.2) is 0 Å². The summed E-state index contributed by atoms with van der Waals surface area (Å²) in [5.41, 5.74) is 4.22. The molecule has 3 fully saturated rings. The van der Waals surface area contributed by atoms with Gasteiger partial charge in [0.05, 0.1) is 0 Å². The molecule has 1 aromatic heterocycles. The molecular formula is C26H37N5. The molecule has 2 aliphatic carbocycles. The predicted molar refractivity (Wildman–Crippen MR) is 130 cm³/mol. The summed E-state index contributed by atoms with van der Waals surface area (Å²) in [4.78, 5) is 11.4. The zero-order valence-corrected chi connectivity index (χ0v) is 19.7. The van der Waals surface area contributed by atoms with Gasteiger partial charge in [0.1, 0.15) is 18.0 Å². The Bertz CT molecular complexity index is 941. The van der Waals surface area contributed by atoms with Crippen molar-refractivity contribution in [3.8, 4) is 0 Å². The maximum absolute atomic E-state index is 7.79. The van der Waals surface area contributed by atoms with Gasteiger partial charge in [-0.2, -0.15) is 0 Å². The second-order valence-electron chi connectivity index (χ2n) is 10.3. The number of hydrogen-bond donors (Lipinski definition) is 2. The molecule has 0 amide bonds. The topological polar surface area (TPSA) is 64.9 Å². The highest BCUT2D eigenvalue weighted by Crippen LogP contribution is 2.75. The van der Waals surface area contributed by atoms with Crippen molar-refractivity contribution in [1.29, 1.82) is 5.41 Å². The third kappa shape index (κ3) is 4.46. The molecule has 5 heteroatoms. The van der Waals surface area contributed by atoms with E-state index >= 15 is 0 Å². The summed E-state index contributed by atoms with van der Waals surface area (Å²) < 4.78 is 0. The molecule has 0 radical (unpaired) electrons. The summed E-state index contributed by atoms with van der Waals surface area (Å²) in [5, 5.41) is 11.3. The Morgan fingerprint density at radius 3 is 2.55 bits per heavy atom. The Balaban J connectivity index is 0.00000112. The van der Waals surface area contributed by atoms with Gasteiger partial charge in [-0.05, 0) is 60.0 Å². The first-order valence-electron chi connectivity index (χ1n) is 11.9. The van der Waals surface area contributed by atoms with E-state index in [-0.39, 0.29) is 0 Å². The Kier molecular flexibility index (Phi) is 5.80. The van der Waals surface area contributed by atoms with E-state index in [4.69, 9.17) is 5.41 Å². The number of hydrogen-bond acceptors (Lipinski definition) is 5. The zero-order valence-electron chi connectivity index (χ0n) is 19.7. The highest BCUT2D eigenvalue weighted by atomic mass is 15.2. The van der Waals surface area contributed by atoms with E-state index in [0.717, 1.165) is 36.0 Å². The molecule has 2 unspecified atom stereocenters. The van der Waals surface area contributed by atoms with Gasteiger partial charge in [-0.15, -0.1) is 0 Å². The lowest BCUT2D eigenvalue weighted by Crippen LogP contribution is -2.26. The zero-order chi connectivity index (χ0) is 22.2. The van der Waals surface area contributed by atoms with Crippen molar-refractivity contribution in [2.24, 2.45) is 16.7 Å². The maximum atomic E-state index is 7.79. The first-order valence-corrected chi connectivity index (χ1v) is 11.9. The lowest BCUT2D eigenvalue weighted by molar-refractivity contribution is 0.263. The third-order valence-corrected chi connectivity index (χ3v) is 7.37. The molecule has 2 atom stereocenters. The highest BCUT2D eigenvalue weighted by Gasteiger charge is 2.62. The molecule has 2 aromatic rings. The highest BCUT2D eigenvalue weighted by molar-refractivity contribution is 5.87. The number of benzene rings is 1. The van der Waals surface area contributed by atoms with Crippen LogP contribution in [0.5, 0.6) is 0 Å². The Morgan fingerprint density at radius 2 is 1.94 bits per heavy atom. The second-order valence-corrected chi connectivity index (χ2v) is 10.3. The molecule has 166 valence electrons. The van der Waals surface area contributed by atoms with E-state index in [1.165, 1.54) is 37.5 Å². The molecule has 0 bridgehead atoms. The van der Waals surface area contributed by atoms with Gasteiger partial charge < -0.3 is 15.6 Å². The van der Waals surface area contributed by atoms with Gasteiger partial charge in [-0.25, -0.2) is 9.97 Å². The lowest BCUT2D eigenvalue weighted by atomic mass is 9.80. The van der Waals surface area contributed by atoms with Crippen molar-refractivity contribution in [3.05, 3.63) is 41.7 Å². The number of rotatable bonds is 5. The standard InChI is InChI=1S/C24H31N5.C2H6/c1-23(2,3)18-6-9-29(14-18)22-11-21(26-15-27-22)28-20-10-16(4-5-17(20)13-25)19-12-24(19)7-8-24;1-2/h4-5,10-11,13,15,18-19,25H,6-9,12,14H2,1-3H3,(H,26,27,28);1-2H3. The summed E-state index contributed by atoms with van der Waals surface area (Å²) >= 11 is 0. The maximum Gasteiger partial charge on any atom is 0.135 e. The van der Waals surface area contributed by atoms with Crippen molar-refractivity contribution in [2.45, 2.75) is 66.2 Å². The van der Waals surface area contributed by atoms with Gasteiger partial charge in [-0.1, -0.05) is 46.8 Å². The quantitative estimate of drug-likeness (QED) is 0.552. The van der Waals surface area contributed by atoms with Crippen LogP contribution in [0.3, 0.4) is 0 Å². The minimum absolute atomic E-state index is 0.323. The van der Waals surface area contributed by atoms with Crippen LogP contribution in [0.4, 0.5) is 17.3 Å². The van der Waals surface area contributed by atoms with Crippen molar-refractivity contribution in [3.63, 3.8) is 0 Å². The fraction of sp³-hybridized carbons (Fsp3) is 0.577. The largest absolute Gasteiger partial charge is 0.356 e. The van der Waals surface area contributed by atoms with Gasteiger partial charge in [0.2, 0.25) is 0 Å². The predicted octanol–water partition coefficient (Wildman–Crippen LogP) is 6.38. The van der Waals surface area contributed by atoms with Crippen LogP contribution in [0.15, 0.2) is 30.6 Å². The molecule has 3 aliphatic rings. The van der Waals surface area contributed by atoms with E-state index in [0.29, 0.717) is 22.7 Å². The number of anilines is 3. The Labute approximate surface area is 187 Å². The fourth-order valence-electron chi connectivity index (χ4n) is 4.96. The van der Waals surface area contributed by atoms with Crippen molar-refractivity contribution >= 4 is 23.5 Å². The van der Waals surface area contributed by atoms with Gasteiger partial charge >= 0.3 is 0 Å². The van der Waals surface area contributed by atoms with Crippen LogP contribution in [0, 0.1) is 22.2 Å². The first kappa shape index (κ1) is 21.8. The third-order valence-electron chi connectivity index (χ3n) is 7.37. The number of aromatic nitrogens is 2. The SMILES string of the molecule is CC.CC(C)(C)C1CCN(c2cc(Nc3cc(C4CC45CC5)ccc3C=N)ncn2)C1. The normalized spacial score (nSPS) is 23.2. The van der Waals surface area contributed by atoms with E-state index in [1.54, 1.807) is 6.33 Å². The van der Waals surface area contributed by atoms with Crippen LogP contribution in [-0.2, 0) is 0 Å². The van der Waals surface area contributed by atoms with Crippen LogP contribution in [0.2, 0.25) is 0 Å². The van der Waals surface area contributed by atoms with Crippen LogP contribution in [-0.4, -0.2) is 29.3 Å². The van der Waals surface area contributed by atoms with Crippen LogP contribution < -0.4 is 10.2 Å².